The van der Waals surface area contributed by atoms with Gasteiger partial charge in [0.25, 0.3) is 11.7 Å². The molecule has 150 valence electrons. The quantitative estimate of drug-likeness (QED) is 0.319. The Hall–Kier alpha value is -3.15. The van der Waals surface area contributed by atoms with Crippen LogP contribution in [0.3, 0.4) is 0 Å². The van der Waals surface area contributed by atoms with Gasteiger partial charge in [0.2, 0.25) is 0 Å². The van der Waals surface area contributed by atoms with Gasteiger partial charge < -0.3 is 5.11 Å². The summed E-state index contributed by atoms with van der Waals surface area (Å²) >= 11 is 11.9. The van der Waals surface area contributed by atoms with Crippen LogP contribution in [-0.2, 0) is 9.59 Å². The van der Waals surface area contributed by atoms with Gasteiger partial charge in [-0.05, 0) is 35.9 Å². The molecule has 1 fully saturated rings. The standard InChI is InChI=1S/C23H14Cl2FNO3/c24-15-8-4-7-14(11-15)21(28)19-20(13-5-2-1-3-6-13)27(23(30)22(19)29)16-9-10-18(26)17(25)12-16/h1-12,20,28H/b21-19+. The van der Waals surface area contributed by atoms with Crippen LogP contribution in [-0.4, -0.2) is 16.8 Å². The van der Waals surface area contributed by atoms with Crippen LogP contribution in [0.2, 0.25) is 10.0 Å². The molecule has 0 spiro atoms. The Morgan fingerprint density at radius 2 is 1.67 bits per heavy atom. The Morgan fingerprint density at radius 1 is 0.933 bits per heavy atom. The van der Waals surface area contributed by atoms with E-state index in [2.05, 4.69) is 0 Å². The smallest absolute Gasteiger partial charge is 0.300 e. The van der Waals surface area contributed by atoms with E-state index in [-0.39, 0.29) is 22.0 Å². The number of hydrogen-bond donors (Lipinski definition) is 1. The molecule has 30 heavy (non-hydrogen) atoms. The van der Waals surface area contributed by atoms with Crippen LogP contribution in [0.25, 0.3) is 5.76 Å². The average Bonchev–Trinajstić information content (AvgIpc) is 3.01. The van der Waals surface area contributed by atoms with E-state index in [4.69, 9.17) is 23.2 Å². The number of hydrogen-bond acceptors (Lipinski definition) is 3. The number of nitrogens with zero attached hydrogens (tertiary/aromatic N) is 1. The highest BCUT2D eigenvalue weighted by Crippen LogP contribution is 2.42. The maximum atomic E-state index is 13.7. The molecule has 3 aromatic carbocycles. The van der Waals surface area contributed by atoms with Gasteiger partial charge in [0, 0.05) is 16.3 Å². The summed E-state index contributed by atoms with van der Waals surface area (Å²) in [6, 6.07) is 18.0. The molecular weight excluding hydrogens is 428 g/mol. The van der Waals surface area contributed by atoms with Gasteiger partial charge in [0.1, 0.15) is 11.6 Å². The fraction of sp³-hybridized carbons (Fsp3) is 0.0435. The van der Waals surface area contributed by atoms with Crippen LogP contribution < -0.4 is 4.90 Å². The largest absolute Gasteiger partial charge is 0.507 e. The van der Waals surface area contributed by atoms with Crippen molar-refractivity contribution in [1.29, 1.82) is 0 Å². The number of aliphatic hydroxyl groups is 1. The number of benzene rings is 3. The third-order valence-corrected chi connectivity index (χ3v) is 5.36. The molecule has 7 heteroatoms. The van der Waals surface area contributed by atoms with E-state index in [1.807, 2.05) is 0 Å². The van der Waals surface area contributed by atoms with Crippen molar-refractivity contribution < 1.29 is 19.1 Å². The number of halogens is 3. The molecule has 4 nitrogen and oxygen atoms in total. The number of anilines is 1. The summed E-state index contributed by atoms with van der Waals surface area (Å²) in [6.45, 7) is 0. The lowest BCUT2D eigenvalue weighted by Gasteiger charge is -2.25. The molecule has 0 aliphatic carbocycles. The van der Waals surface area contributed by atoms with Gasteiger partial charge in [-0.15, -0.1) is 0 Å². The van der Waals surface area contributed by atoms with E-state index in [1.54, 1.807) is 48.5 Å². The number of carbonyl (C=O) groups excluding carboxylic acids is 2. The van der Waals surface area contributed by atoms with Gasteiger partial charge in [-0.1, -0.05) is 65.7 Å². The van der Waals surface area contributed by atoms with Gasteiger partial charge in [-0.3, -0.25) is 14.5 Å². The first-order valence-corrected chi connectivity index (χ1v) is 9.71. The van der Waals surface area contributed by atoms with Crippen molar-refractivity contribution in [3.8, 4) is 0 Å². The Labute approximate surface area is 181 Å². The second-order valence-corrected chi connectivity index (χ2v) is 7.53. The molecule has 1 amide bonds. The molecule has 1 atom stereocenters. The van der Waals surface area contributed by atoms with Gasteiger partial charge in [-0.2, -0.15) is 0 Å². The molecule has 3 aromatic rings. The zero-order chi connectivity index (χ0) is 21.4. The van der Waals surface area contributed by atoms with E-state index < -0.39 is 23.5 Å². The zero-order valence-electron chi connectivity index (χ0n) is 15.4. The lowest BCUT2D eigenvalue weighted by Crippen LogP contribution is -2.29. The molecule has 1 N–H and O–H groups in total. The van der Waals surface area contributed by atoms with Crippen molar-refractivity contribution in [2.24, 2.45) is 0 Å². The summed E-state index contributed by atoms with van der Waals surface area (Å²) in [5.74, 6) is -2.70. The van der Waals surface area contributed by atoms with Crippen molar-refractivity contribution in [2.75, 3.05) is 4.90 Å². The minimum atomic E-state index is -0.924. The third-order valence-electron chi connectivity index (χ3n) is 4.84. The second-order valence-electron chi connectivity index (χ2n) is 6.69. The van der Waals surface area contributed by atoms with Crippen LogP contribution >= 0.6 is 23.2 Å². The van der Waals surface area contributed by atoms with Crippen molar-refractivity contribution >= 4 is 46.3 Å². The van der Waals surface area contributed by atoms with Crippen molar-refractivity contribution in [2.45, 2.75) is 6.04 Å². The van der Waals surface area contributed by atoms with Crippen LogP contribution in [0.5, 0.6) is 0 Å². The first-order chi connectivity index (χ1) is 14.4. The number of rotatable bonds is 3. The number of aliphatic hydroxyl groups excluding tert-OH is 1. The summed E-state index contributed by atoms with van der Waals surface area (Å²) in [4.78, 5) is 27.1. The minimum Gasteiger partial charge on any atom is -0.507 e. The van der Waals surface area contributed by atoms with Gasteiger partial charge in [-0.25, -0.2) is 4.39 Å². The molecule has 4 rings (SSSR count). The molecule has 1 unspecified atom stereocenters. The number of Topliss-reactive ketones (excluding diaryl/α,β-unsaturated/α-hetero) is 1. The minimum absolute atomic E-state index is 0.0890. The predicted octanol–water partition coefficient (Wildman–Crippen LogP) is 5.76. The van der Waals surface area contributed by atoms with Crippen LogP contribution in [0.15, 0.2) is 78.4 Å². The summed E-state index contributed by atoms with van der Waals surface area (Å²) in [7, 11) is 0. The molecule has 1 aliphatic rings. The summed E-state index contributed by atoms with van der Waals surface area (Å²) in [5, 5.41) is 11.1. The first-order valence-electron chi connectivity index (χ1n) is 8.95. The zero-order valence-corrected chi connectivity index (χ0v) is 16.9. The molecule has 1 aliphatic heterocycles. The first kappa shape index (κ1) is 20.1. The Bertz CT molecular complexity index is 1190. The van der Waals surface area contributed by atoms with Crippen LogP contribution in [0, 0.1) is 5.82 Å². The van der Waals surface area contributed by atoms with Crippen molar-refractivity contribution in [3.63, 3.8) is 0 Å². The van der Waals surface area contributed by atoms with Crippen LogP contribution in [0.4, 0.5) is 10.1 Å². The average molecular weight is 442 g/mol. The maximum absolute atomic E-state index is 13.7. The highest BCUT2D eigenvalue weighted by molar-refractivity contribution is 6.51. The number of ketones is 1. The Kier molecular flexibility index (Phi) is 5.33. The van der Waals surface area contributed by atoms with E-state index in [9.17, 15) is 19.1 Å². The number of amides is 1. The highest BCUT2D eigenvalue weighted by atomic mass is 35.5. The fourth-order valence-electron chi connectivity index (χ4n) is 3.48. The van der Waals surface area contributed by atoms with Crippen molar-refractivity contribution in [3.05, 3.63) is 105 Å². The molecule has 0 bridgehead atoms. The van der Waals surface area contributed by atoms with Gasteiger partial charge in [0.05, 0.1) is 16.6 Å². The molecule has 1 saturated heterocycles. The summed E-state index contributed by atoms with van der Waals surface area (Å²) < 4.78 is 13.7. The SMILES string of the molecule is O=C1C(=O)N(c2ccc(F)c(Cl)c2)C(c2ccccc2)/C1=C(\O)c1cccc(Cl)c1. The molecule has 0 aromatic heterocycles. The second kappa shape index (κ2) is 7.94. The summed E-state index contributed by atoms with van der Waals surface area (Å²) in [5.41, 5.74) is 1.05. The maximum Gasteiger partial charge on any atom is 0.300 e. The number of carbonyl (C=O) groups is 2. The van der Waals surface area contributed by atoms with E-state index >= 15 is 0 Å². The lowest BCUT2D eigenvalue weighted by atomic mass is 9.95. The van der Waals surface area contributed by atoms with Crippen LogP contribution in [0.1, 0.15) is 17.2 Å². The van der Waals surface area contributed by atoms with Gasteiger partial charge >= 0.3 is 0 Å². The Balaban J connectivity index is 1.96. The molecule has 0 saturated carbocycles. The third kappa shape index (κ3) is 3.47. The van der Waals surface area contributed by atoms with E-state index in [0.717, 1.165) is 6.07 Å². The molecule has 0 radical (unpaired) electrons. The van der Waals surface area contributed by atoms with Crippen molar-refractivity contribution in [1.82, 2.24) is 0 Å². The lowest BCUT2D eigenvalue weighted by molar-refractivity contribution is -0.132. The Morgan fingerprint density at radius 3 is 2.33 bits per heavy atom. The molecular formula is C23H14Cl2FNO3. The fourth-order valence-corrected chi connectivity index (χ4v) is 3.84. The highest BCUT2D eigenvalue weighted by Gasteiger charge is 2.47. The predicted molar refractivity (Wildman–Crippen MR) is 114 cm³/mol. The van der Waals surface area contributed by atoms with Gasteiger partial charge in [0.15, 0.2) is 0 Å². The summed E-state index contributed by atoms with van der Waals surface area (Å²) in [6.07, 6.45) is 0. The topological polar surface area (TPSA) is 57.6 Å². The van der Waals surface area contributed by atoms with E-state index in [1.165, 1.54) is 23.1 Å². The monoisotopic (exact) mass is 441 g/mol. The normalized spacial score (nSPS) is 18.1. The van der Waals surface area contributed by atoms with E-state index in [0.29, 0.717) is 16.1 Å². The molecule has 1 heterocycles.